The molecule has 18 heavy (non-hydrogen) atoms. The number of hydrogen-bond acceptors (Lipinski definition) is 4. The second-order valence-corrected chi connectivity index (χ2v) is 4.55. The fraction of sp³-hybridized carbons (Fsp3) is 0.571. The fourth-order valence-corrected chi connectivity index (χ4v) is 1.64. The van der Waals surface area contributed by atoms with Crippen molar-refractivity contribution in [3.05, 3.63) is 29.8 Å². The summed E-state index contributed by atoms with van der Waals surface area (Å²) in [5.41, 5.74) is 1.14. The number of aliphatic hydroxyl groups is 1. The smallest absolute Gasteiger partial charge is 0.120 e. The van der Waals surface area contributed by atoms with Crippen LogP contribution in [-0.2, 0) is 11.3 Å². The third kappa shape index (κ3) is 6.00. The minimum absolute atomic E-state index is 0.178. The molecule has 0 amide bonds. The van der Waals surface area contributed by atoms with Crippen LogP contribution >= 0.6 is 0 Å². The van der Waals surface area contributed by atoms with E-state index in [0.29, 0.717) is 19.7 Å². The number of ether oxygens (including phenoxy) is 2. The Kier molecular flexibility index (Phi) is 6.72. The van der Waals surface area contributed by atoms with Gasteiger partial charge in [-0.1, -0.05) is 12.1 Å². The average molecular weight is 253 g/mol. The highest BCUT2D eigenvalue weighted by Gasteiger charge is 2.03. The lowest BCUT2D eigenvalue weighted by Crippen LogP contribution is -2.29. The quantitative estimate of drug-likeness (QED) is 0.738. The first kappa shape index (κ1) is 15.0. The molecular formula is C14H23NO3. The molecule has 4 nitrogen and oxygen atoms in total. The molecule has 0 aliphatic carbocycles. The number of benzene rings is 1. The highest BCUT2D eigenvalue weighted by Crippen LogP contribution is 2.14. The molecule has 0 spiro atoms. The van der Waals surface area contributed by atoms with Crippen LogP contribution in [0.4, 0.5) is 0 Å². The van der Waals surface area contributed by atoms with Gasteiger partial charge in [0, 0.05) is 20.2 Å². The van der Waals surface area contributed by atoms with Crippen LogP contribution in [0.1, 0.15) is 19.4 Å². The summed E-state index contributed by atoms with van der Waals surface area (Å²) < 4.78 is 10.5. The lowest BCUT2D eigenvalue weighted by atomic mass is 10.2. The van der Waals surface area contributed by atoms with Crippen molar-refractivity contribution in [3.63, 3.8) is 0 Å². The molecule has 1 atom stereocenters. The minimum atomic E-state index is -0.468. The van der Waals surface area contributed by atoms with Crippen LogP contribution in [0.3, 0.4) is 0 Å². The van der Waals surface area contributed by atoms with Crippen LogP contribution in [0.2, 0.25) is 0 Å². The van der Waals surface area contributed by atoms with Crippen molar-refractivity contribution in [2.24, 2.45) is 0 Å². The minimum Gasteiger partial charge on any atom is -0.491 e. The van der Waals surface area contributed by atoms with Gasteiger partial charge in [-0.15, -0.1) is 0 Å². The summed E-state index contributed by atoms with van der Waals surface area (Å²) in [7, 11) is 1.58. The second-order valence-electron chi connectivity index (χ2n) is 4.55. The molecule has 1 rings (SSSR count). The summed E-state index contributed by atoms with van der Waals surface area (Å²) in [4.78, 5) is 0. The molecule has 1 aromatic rings. The van der Waals surface area contributed by atoms with Crippen molar-refractivity contribution in [1.29, 1.82) is 0 Å². The van der Waals surface area contributed by atoms with E-state index < -0.39 is 6.10 Å². The molecule has 0 heterocycles. The molecule has 4 heteroatoms. The first-order valence-electron chi connectivity index (χ1n) is 6.25. The summed E-state index contributed by atoms with van der Waals surface area (Å²) in [6, 6.07) is 7.96. The fourth-order valence-electron chi connectivity index (χ4n) is 1.64. The monoisotopic (exact) mass is 253 g/mol. The van der Waals surface area contributed by atoms with Gasteiger partial charge in [0.25, 0.3) is 0 Å². The van der Waals surface area contributed by atoms with Crippen molar-refractivity contribution in [3.8, 4) is 5.75 Å². The number of hydrogen-bond donors (Lipinski definition) is 2. The van der Waals surface area contributed by atoms with Gasteiger partial charge >= 0.3 is 0 Å². The molecule has 0 aliphatic heterocycles. The van der Waals surface area contributed by atoms with E-state index in [4.69, 9.17) is 9.47 Å². The Labute approximate surface area is 109 Å². The molecule has 0 saturated carbocycles. The zero-order chi connectivity index (χ0) is 13.4. The first-order valence-corrected chi connectivity index (χ1v) is 6.25. The Bertz CT molecular complexity index is 342. The second kappa shape index (κ2) is 8.08. The Morgan fingerprint density at radius 2 is 2.11 bits per heavy atom. The SMILES string of the molecule is COCC(O)CNCc1cccc(OC(C)C)c1. The van der Waals surface area contributed by atoms with Crippen molar-refractivity contribution < 1.29 is 14.6 Å². The van der Waals surface area contributed by atoms with E-state index in [0.717, 1.165) is 11.3 Å². The molecule has 1 unspecified atom stereocenters. The van der Waals surface area contributed by atoms with E-state index in [2.05, 4.69) is 5.32 Å². The maximum atomic E-state index is 9.49. The third-order valence-corrected chi connectivity index (χ3v) is 2.34. The van der Waals surface area contributed by atoms with E-state index in [1.165, 1.54) is 0 Å². The topological polar surface area (TPSA) is 50.7 Å². The zero-order valence-electron chi connectivity index (χ0n) is 11.3. The highest BCUT2D eigenvalue weighted by atomic mass is 16.5. The largest absolute Gasteiger partial charge is 0.491 e. The number of methoxy groups -OCH3 is 1. The van der Waals surface area contributed by atoms with Gasteiger partial charge < -0.3 is 19.9 Å². The molecule has 0 aromatic heterocycles. The van der Waals surface area contributed by atoms with Gasteiger partial charge in [-0.3, -0.25) is 0 Å². The predicted octanol–water partition coefficient (Wildman–Crippen LogP) is 1.57. The molecule has 0 aliphatic rings. The summed E-state index contributed by atoms with van der Waals surface area (Å²) in [6.07, 6.45) is -0.290. The number of aliphatic hydroxyl groups excluding tert-OH is 1. The highest BCUT2D eigenvalue weighted by molar-refractivity contribution is 5.28. The Morgan fingerprint density at radius 3 is 2.78 bits per heavy atom. The molecule has 0 saturated heterocycles. The van der Waals surface area contributed by atoms with Crippen molar-refractivity contribution in [2.75, 3.05) is 20.3 Å². The van der Waals surface area contributed by atoms with E-state index in [1.54, 1.807) is 7.11 Å². The normalized spacial score (nSPS) is 12.7. The van der Waals surface area contributed by atoms with Gasteiger partial charge in [-0.2, -0.15) is 0 Å². The third-order valence-electron chi connectivity index (χ3n) is 2.34. The lowest BCUT2D eigenvalue weighted by molar-refractivity contribution is 0.0644. The molecule has 1 aromatic carbocycles. The molecule has 2 N–H and O–H groups in total. The standard InChI is InChI=1S/C14H23NO3/c1-11(2)18-14-6-4-5-12(7-14)8-15-9-13(16)10-17-3/h4-7,11,13,15-16H,8-10H2,1-3H3. The maximum absolute atomic E-state index is 9.49. The van der Waals surface area contributed by atoms with Crippen molar-refractivity contribution >= 4 is 0 Å². The van der Waals surface area contributed by atoms with E-state index >= 15 is 0 Å². The van der Waals surface area contributed by atoms with Crippen molar-refractivity contribution in [2.45, 2.75) is 32.6 Å². The first-order chi connectivity index (χ1) is 8.61. The van der Waals surface area contributed by atoms with Crippen LogP contribution in [0.5, 0.6) is 5.75 Å². The van der Waals surface area contributed by atoms with Crippen LogP contribution in [0.25, 0.3) is 0 Å². The predicted molar refractivity (Wildman–Crippen MR) is 71.8 cm³/mol. The van der Waals surface area contributed by atoms with Crippen LogP contribution in [-0.4, -0.2) is 37.6 Å². The van der Waals surface area contributed by atoms with Gasteiger partial charge in [-0.05, 0) is 31.5 Å². The van der Waals surface area contributed by atoms with Gasteiger partial charge in [0.15, 0.2) is 0 Å². The van der Waals surface area contributed by atoms with Crippen molar-refractivity contribution in [1.82, 2.24) is 5.32 Å². The molecule has 0 bridgehead atoms. The molecule has 102 valence electrons. The van der Waals surface area contributed by atoms with Crippen LogP contribution in [0, 0.1) is 0 Å². The average Bonchev–Trinajstić information content (AvgIpc) is 2.29. The lowest BCUT2D eigenvalue weighted by Gasteiger charge is -2.13. The Morgan fingerprint density at radius 1 is 1.33 bits per heavy atom. The Hall–Kier alpha value is -1.10. The van der Waals surface area contributed by atoms with Gasteiger partial charge in [0.05, 0.1) is 18.8 Å². The van der Waals surface area contributed by atoms with E-state index in [1.807, 2.05) is 38.1 Å². The summed E-state index contributed by atoms with van der Waals surface area (Å²) >= 11 is 0. The molecular weight excluding hydrogens is 230 g/mol. The number of rotatable bonds is 8. The van der Waals surface area contributed by atoms with Crippen LogP contribution < -0.4 is 10.1 Å². The molecule has 0 radical (unpaired) electrons. The van der Waals surface area contributed by atoms with Crippen LogP contribution in [0.15, 0.2) is 24.3 Å². The van der Waals surface area contributed by atoms with Gasteiger partial charge in [0.1, 0.15) is 5.75 Å². The van der Waals surface area contributed by atoms with Gasteiger partial charge in [0.2, 0.25) is 0 Å². The summed E-state index contributed by atoms with van der Waals surface area (Å²) in [6.45, 7) is 5.58. The Balaban J connectivity index is 2.38. The van der Waals surface area contributed by atoms with E-state index in [-0.39, 0.29) is 6.10 Å². The maximum Gasteiger partial charge on any atom is 0.120 e. The number of nitrogens with one attached hydrogen (secondary N) is 1. The summed E-state index contributed by atoms with van der Waals surface area (Å²) in [5, 5.41) is 12.7. The molecule has 0 fully saturated rings. The summed E-state index contributed by atoms with van der Waals surface area (Å²) in [5.74, 6) is 0.877. The van der Waals surface area contributed by atoms with E-state index in [9.17, 15) is 5.11 Å². The zero-order valence-corrected chi connectivity index (χ0v) is 11.3. The van der Waals surface area contributed by atoms with Gasteiger partial charge in [-0.25, -0.2) is 0 Å².